The maximum absolute atomic E-state index is 13.1. The first-order valence-electron chi connectivity index (χ1n) is 5.00. The standard InChI is InChI=1S/C9H17FNOP/c10-9(13)5-8(6-9)12-7-1-3-11-4-2-7/h7-8,11H,1-6,13H2. The van der Waals surface area contributed by atoms with Gasteiger partial charge in [-0.05, 0) is 25.9 Å². The van der Waals surface area contributed by atoms with Crippen molar-refractivity contribution in [3.05, 3.63) is 0 Å². The summed E-state index contributed by atoms with van der Waals surface area (Å²) >= 11 is 0. The van der Waals surface area contributed by atoms with Gasteiger partial charge in [-0.25, -0.2) is 4.39 Å². The highest BCUT2D eigenvalue weighted by Crippen LogP contribution is 2.44. The monoisotopic (exact) mass is 205 g/mol. The van der Waals surface area contributed by atoms with Gasteiger partial charge in [-0.15, -0.1) is 0 Å². The Hall–Kier alpha value is 0.280. The summed E-state index contributed by atoms with van der Waals surface area (Å²) in [5, 5.41) is 2.25. The summed E-state index contributed by atoms with van der Waals surface area (Å²) < 4.78 is 18.8. The summed E-state index contributed by atoms with van der Waals surface area (Å²) in [6.45, 7) is 2.08. The van der Waals surface area contributed by atoms with Gasteiger partial charge in [0.15, 0.2) is 0 Å². The van der Waals surface area contributed by atoms with E-state index < -0.39 is 5.41 Å². The van der Waals surface area contributed by atoms with Crippen molar-refractivity contribution in [1.29, 1.82) is 0 Å². The average Bonchev–Trinajstić information content (AvgIpc) is 2.03. The molecule has 1 saturated carbocycles. The first kappa shape index (κ1) is 9.82. The summed E-state index contributed by atoms with van der Waals surface area (Å²) in [7, 11) is 2.26. The van der Waals surface area contributed by atoms with Crippen LogP contribution in [0, 0.1) is 0 Å². The summed E-state index contributed by atoms with van der Waals surface area (Å²) in [6, 6.07) is 0. The Labute approximate surface area is 80.8 Å². The van der Waals surface area contributed by atoms with Gasteiger partial charge in [-0.3, -0.25) is 0 Å². The Morgan fingerprint density at radius 1 is 1.23 bits per heavy atom. The predicted molar refractivity (Wildman–Crippen MR) is 53.5 cm³/mol. The van der Waals surface area contributed by atoms with E-state index in [4.69, 9.17) is 4.74 Å². The topological polar surface area (TPSA) is 21.3 Å². The Kier molecular flexibility index (Phi) is 2.87. The fourth-order valence-corrected chi connectivity index (χ4v) is 2.52. The molecule has 1 aliphatic carbocycles. The zero-order chi connectivity index (χ0) is 9.31. The third-order valence-corrected chi connectivity index (χ3v) is 3.28. The molecule has 13 heavy (non-hydrogen) atoms. The number of rotatable bonds is 2. The summed E-state index contributed by atoms with van der Waals surface area (Å²) in [6.07, 6.45) is 3.81. The second kappa shape index (κ2) is 3.80. The maximum Gasteiger partial charge on any atom is 0.128 e. The van der Waals surface area contributed by atoms with Gasteiger partial charge >= 0.3 is 0 Å². The highest BCUT2D eigenvalue weighted by molar-refractivity contribution is 7.18. The average molecular weight is 205 g/mol. The molecule has 1 N–H and O–H groups in total. The van der Waals surface area contributed by atoms with Gasteiger partial charge < -0.3 is 10.1 Å². The van der Waals surface area contributed by atoms with Crippen molar-refractivity contribution in [1.82, 2.24) is 5.32 Å². The van der Waals surface area contributed by atoms with Crippen molar-refractivity contribution in [3.63, 3.8) is 0 Å². The zero-order valence-corrected chi connectivity index (χ0v) is 8.92. The molecule has 0 aromatic heterocycles. The molecule has 2 nitrogen and oxygen atoms in total. The molecule has 2 rings (SSSR count). The Bertz CT molecular complexity index is 174. The second-order valence-electron chi connectivity index (χ2n) is 4.15. The molecule has 1 unspecified atom stereocenters. The predicted octanol–water partition coefficient (Wildman–Crippen LogP) is 1.46. The number of ether oxygens (including phenoxy) is 1. The van der Waals surface area contributed by atoms with Gasteiger partial charge in [0.2, 0.25) is 0 Å². The number of alkyl halides is 1. The van der Waals surface area contributed by atoms with Crippen LogP contribution in [-0.4, -0.2) is 30.7 Å². The molecule has 0 aromatic carbocycles. The normalized spacial score (nSPS) is 41.5. The second-order valence-corrected chi connectivity index (χ2v) is 5.19. The first-order chi connectivity index (χ1) is 6.16. The fraction of sp³-hybridized carbons (Fsp3) is 1.00. The molecule has 0 bridgehead atoms. The molecule has 4 heteroatoms. The van der Waals surface area contributed by atoms with Crippen LogP contribution in [-0.2, 0) is 4.74 Å². The molecular formula is C9H17FNOP. The number of nitrogens with one attached hydrogen (secondary N) is 1. The minimum absolute atomic E-state index is 0.172. The van der Waals surface area contributed by atoms with Crippen LogP contribution in [0.25, 0.3) is 0 Å². The van der Waals surface area contributed by atoms with Crippen molar-refractivity contribution in [2.45, 2.75) is 43.3 Å². The Morgan fingerprint density at radius 3 is 2.38 bits per heavy atom. The van der Waals surface area contributed by atoms with E-state index in [0.29, 0.717) is 18.9 Å². The Morgan fingerprint density at radius 2 is 1.85 bits per heavy atom. The van der Waals surface area contributed by atoms with E-state index in [0.717, 1.165) is 25.9 Å². The van der Waals surface area contributed by atoms with Crippen LogP contribution in [0.3, 0.4) is 0 Å². The van der Waals surface area contributed by atoms with Crippen LogP contribution in [0.4, 0.5) is 4.39 Å². The summed E-state index contributed by atoms with van der Waals surface area (Å²) in [4.78, 5) is 0. The van der Waals surface area contributed by atoms with Crippen LogP contribution >= 0.6 is 9.24 Å². The largest absolute Gasteiger partial charge is 0.375 e. The summed E-state index contributed by atoms with van der Waals surface area (Å²) in [5.41, 5.74) is 0. The number of hydrogen-bond donors (Lipinski definition) is 1. The molecule has 0 aromatic rings. The molecule has 0 spiro atoms. The van der Waals surface area contributed by atoms with Gasteiger partial charge in [0.05, 0.1) is 12.2 Å². The van der Waals surface area contributed by atoms with Gasteiger partial charge in [0.25, 0.3) is 0 Å². The molecular weight excluding hydrogens is 188 g/mol. The maximum atomic E-state index is 13.1. The lowest BCUT2D eigenvalue weighted by atomic mass is 9.92. The van der Waals surface area contributed by atoms with Crippen LogP contribution < -0.4 is 5.32 Å². The van der Waals surface area contributed by atoms with Crippen molar-refractivity contribution in [2.24, 2.45) is 0 Å². The third-order valence-electron chi connectivity index (χ3n) is 2.81. The minimum Gasteiger partial charge on any atom is -0.375 e. The van der Waals surface area contributed by atoms with Crippen LogP contribution in [0.1, 0.15) is 25.7 Å². The van der Waals surface area contributed by atoms with E-state index in [1.165, 1.54) is 0 Å². The molecule has 1 aliphatic heterocycles. The van der Waals surface area contributed by atoms with Gasteiger partial charge in [0, 0.05) is 12.8 Å². The SMILES string of the molecule is FC1(P)CC(OC2CCNCC2)C1. The fourth-order valence-electron chi connectivity index (χ4n) is 2.00. The Balaban J connectivity index is 1.68. The van der Waals surface area contributed by atoms with Crippen molar-refractivity contribution >= 4 is 9.24 Å². The molecule has 0 radical (unpaired) electrons. The van der Waals surface area contributed by atoms with Crippen molar-refractivity contribution < 1.29 is 9.13 Å². The molecule has 0 amide bonds. The molecule has 76 valence electrons. The minimum atomic E-state index is -1.03. The van der Waals surface area contributed by atoms with Crippen molar-refractivity contribution in [2.75, 3.05) is 13.1 Å². The van der Waals surface area contributed by atoms with E-state index in [1.54, 1.807) is 0 Å². The van der Waals surface area contributed by atoms with Gasteiger partial charge in [-0.1, -0.05) is 9.24 Å². The van der Waals surface area contributed by atoms with E-state index in [-0.39, 0.29) is 6.10 Å². The van der Waals surface area contributed by atoms with E-state index >= 15 is 0 Å². The number of hydrogen-bond acceptors (Lipinski definition) is 2. The van der Waals surface area contributed by atoms with E-state index in [9.17, 15) is 4.39 Å². The molecule has 1 atom stereocenters. The third kappa shape index (κ3) is 2.61. The summed E-state index contributed by atoms with van der Waals surface area (Å²) in [5.74, 6) is 0. The van der Waals surface area contributed by atoms with Gasteiger partial charge in [0.1, 0.15) is 5.41 Å². The zero-order valence-electron chi connectivity index (χ0n) is 7.76. The van der Waals surface area contributed by atoms with Crippen LogP contribution in [0.5, 0.6) is 0 Å². The lowest BCUT2D eigenvalue weighted by Crippen LogP contribution is -2.44. The highest BCUT2D eigenvalue weighted by Gasteiger charge is 2.42. The van der Waals surface area contributed by atoms with Gasteiger partial charge in [-0.2, -0.15) is 0 Å². The first-order valence-corrected chi connectivity index (χ1v) is 5.57. The highest BCUT2D eigenvalue weighted by atomic mass is 31.0. The van der Waals surface area contributed by atoms with E-state index in [2.05, 4.69) is 14.6 Å². The van der Waals surface area contributed by atoms with E-state index in [1.807, 2.05) is 0 Å². The quantitative estimate of drug-likeness (QED) is 0.689. The lowest BCUT2D eigenvalue weighted by Gasteiger charge is -2.40. The lowest BCUT2D eigenvalue weighted by molar-refractivity contribution is -0.100. The molecule has 1 heterocycles. The number of halogens is 1. The molecule has 2 aliphatic rings. The van der Waals surface area contributed by atoms with Crippen LogP contribution in [0.2, 0.25) is 0 Å². The smallest absolute Gasteiger partial charge is 0.128 e. The number of piperidine rings is 1. The molecule has 1 saturated heterocycles. The van der Waals surface area contributed by atoms with Crippen molar-refractivity contribution in [3.8, 4) is 0 Å². The molecule has 2 fully saturated rings. The van der Waals surface area contributed by atoms with Crippen LogP contribution in [0.15, 0.2) is 0 Å².